The van der Waals surface area contributed by atoms with E-state index >= 15 is 0 Å². The molecule has 0 aromatic heterocycles. The molecule has 1 amide bonds. The third-order valence-electron chi connectivity index (χ3n) is 4.24. The van der Waals surface area contributed by atoms with Crippen LogP contribution in [0.5, 0.6) is 11.5 Å². The van der Waals surface area contributed by atoms with Gasteiger partial charge in [0.05, 0.1) is 32.8 Å². The van der Waals surface area contributed by atoms with E-state index in [1.165, 1.54) is 32.4 Å². The van der Waals surface area contributed by atoms with Gasteiger partial charge in [0.25, 0.3) is 0 Å². The molecule has 28 heavy (non-hydrogen) atoms. The molecule has 0 aliphatic heterocycles. The number of ether oxygens (including phenoxy) is 3. The van der Waals surface area contributed by atoms with Crippen LogP contribution in [-0.2, 0) is 9.53 Å². The van der Waals surface area contributed by atoms with E-state index < -0.39 is 18.0 Å². The van der Waals surface area contributed by atoms with Crippen molar-refractivity contribution in [1.29, 1.82) is 0 Å². The van der Waals surface area contributed by atoms with Gasteiger partial charge in [-0.25, -0.2) is 4.39 Å². The third-order valence-corrected chi connectivity index (χ3v) is 4.24. The van der Waals surface area contributed by atoms with Gasteiger partial charge in [0.15, 0.2) is 0 Å². The van der Waals surface area contributed by atoms with Gasteiger partial charge in [-0.15, -0.1) is 12.4 Å². The highest BCUT2D eigenvalue weighted by Gasteiger charge is 2.23. The van der Waals surface area contributed by atoms with Crippen molar-refractivity contribution in [2.75, 3.05) is 27.9 Å². The lowest BCUT2D eigenvalue weighted by atomic mass is 9.97. The Morgan fingerprint density at radius 3 is 2.50 bits per heavy atom. The molecular weight excluding hydrogens is 387 g/mol. The Bertz CT molecular complexity index is 772. The molecule has 0 heterocycles. The smallest absolute Gasteiger partial charge is 0.223 e. The van der Waals surface area contributed by atoms with Gasteiger partial charge in [-0.3, -0.25) is 4.79 Å². The molecule has 0 saturated heterocycles. The van der Waals surface area contributed by atoms with Gasteiger partial charge >= 0.3 is 0 Å². The predicted octanol–water partition coefficient (Wildman–Crippen LogP) is 2.83. The van der Waals surface area contributed by atoms with Crippen LogP contribution in [0.3, 0.4) is 0 Å². The number of carbonyl (C=O) groups is 1. The number of methoxy groups -OCH3 is 3. The van der Waals surface area contributed by atoms with Gasteiger partial charge in [-0.1, -0.05) is 12.1 Å². The van der Waals surface area contributed by atoms with Crippen LogP contribution in [0, 0.1) is 5.82 Å². The first-order valence-electron chi connectivity index (χ1n) is 8.52. The van der Waals surface area contributed by atoms with E-state index in [2.05, 4.69) is 5.32 Å². The van der Waals surface area contributed by atoms with Crippen LogP contribution in [0.15, 0.2) is 42.5 Å². The second-order valence-corrected chi connectivity index (χ2v) is 5.96. The maximum Gasteiger partial charge on any atom is 0.223 e. The molecule has 0 bridgehead atoms. The monoisotopic (exact) mass is 412 g/mol. The molecule has 2 aromatic carbocycles. The molecule has 2 rings (SSSR count). The number of nitrogens with one attached hydrogen (secondary N) is 1. The first-order chi connectivity index (χ1) is 13.0. The fourth-order valence-electron chi connectivity index (χ4n) is 2.78. The molecule has 2 aromatic rings. The Morgan fingerprint density at radius 2 is 1.89 bits per heavy atom. The molecule has 6 nitrogen and oxygen atoms in total. The molecule has 154 valence electrons. The highest BCUT2D eigenvalue weighted by Crippen LogP contribution is 2.32. The van der Waals surface area contributed by atoms with Gasteiger partial charge in [0.1, 0.15) is 17.3 Å². The highest BCUT2D eigenvalue weighted by atomic mass is 35.5. The minimum absolute atomic E-state index is 0. The molecular formula is C20H26ClFN2O4. The summed E-state index contributed by atoms with van der Waals surface area (Å²) in [7, 11) is 4.55. The van der Waals surface area contributed by atoms with Crippen LogP contribution in [0.1, 0.15) is 23.6 Å². The largest absolute Gasteiger partial charge is 0.497 e. The number of benzene rings is 2. The van der Waals surface area contributed by atoms with Crippen molar-refractivity contribution in [3.8, 4) is 11.5 Å². The summed E-state index contributed by atoms with van der Waals surface area (Å²) in [5, 5.41) is 2.93. The van der Waals surface area contributed by atoms with Gasteiger partial charge < -0.3 is 25.3 Å². The zero-order chi connectivity index (χ0) is 19.8. The summed E-state index contributed by atoms with van der Waals surface area (Å²) in [5.41, 5.74) is 6.83. The molecule has 0 spiro atoms. The number of nitrogens with two attached hydrogens (primary N) is 1. The lowest BCUT2D eigenvalue weighted by molar-refractivity contribution is -0.123. The van der Waals surface area contributed by atoms with Crippen molar-refractivity contribution in [3.63, 3.8) is 0 Å². The fourth-order valence-corrected chi connectivity index (χ4v) is 2.78. The lowest BCUT2D eigenvalue weighted by Crippen LogP contribution is -2.35. The van der Waals surface area contributed by atoms with E-state index in [0.29, 0.717) is 17.1 Å². The van der Waals surface area contributed by atoms with Crippen LogP contribution in [0.4, 0.5) is 4.39 Å². The average molecular weight is 413 g/mol. The van der Waals surface area contributed by atoms with Gasteiger partial charge in [-0.05, 0) is 35.9 Å². The molecule has 2 unspecified atom stereocenters. The summed E-state index contributed by atoms with van der Waals surface area (Å²) in [4.78, 5) is 12.6. The van der Waals surface area contributed by atoms with Gasteiger partial charge in [-0.2, -0.15) is 0 Å². The predicted molar refractivity (Wildman–Crippen MR) is 108 cm³/mol. The lowest BCUT2D eigenvalue weighted by Gasteiger charge is -2.23. The minimum Gasteiger partial charge on any atom is -0.497 e. The Hall–Kier alpha value is -2.35. The normalized spacial score (nSPS) is 12.5. The minimum atomic E-state index is -0.631. The van der Waals surface area contributed by atoms with Crippen LogP contribution in [0.2, 0.25) is 0 Å². The van der Waals surface area contributed by atoms with E-state index in [0.717, 1.165) is 5.56 Å². The molecule has 8 heteroatoms. The van der Waals surface area contributed by atoms with E-state index in [4.69, 9.17) is 19.9 Å². The summed E-state index contributed by atoms with van der Waals surface area (Å²) in [6.45, 7) is 0.219. The molecule has 0 saturated carbocycles. The van der Waals surface area contributed by atoms with Crippen molar-refractivity contribution in [2.45, 2.75) is 18.6 Å². The van der Waals surface area contributed by atoms with Crippen molar-refractivity contribution in [2.24, 2.45) is 5.73 Å². The topological polar surface area (TPSA) is 82.8 Å². The highest BCUT2D eigenvalue weighted by molar-refractivity contribution is 5.85. The second kappa shape index (κ2) is 11.5. The van der Waals surface area contributed by atoms with E-state index in [9.17, 15) is 9.18 Å². The SMILES string of the molecule is COc1cccc(C(NC(=O)CC(CN)OC)c2cc(F)ccc2OC)c1.Cl. The Morgan fingerprint density at radius 1 is 1.14 bits per heavy atom. The maximum atomic E-state index is 13.9. The first kappa shape index (κ1) is 23.7. The van der Waals surface area contributed by atoms with Crippen LogP contribution in [-0.4, -0.2) is 39.9 Å². The summed E-state index contributed by atoms with van der Waals surface area (Å²) in [6.07, 6.45) is -0.309. The maximum absolute atomic E-state index is 13.9. The number of amides is 1. The molecule has 2 atom stereocenters. The zero-order valence-electron chi connectivity index (χ0n) is 16.1. The standard InChI is InChI=1S/C20H25FN2O4.ClH/c1-25-15-6-4-5-13(9-15)20(23-19(24)11-16(12-22)26-2)17-10-14(21)7-8-18(17)27-3;/h4-10,16,20H,11-12,22H2,1-3H3,(H,23,24);1H. The number of halogens is 2. The molecule has 0 radical (unpaired) electrons. The summed E-state index contributed by atoms with van der Waals surface area (Å²) >= 11 is 0. The fraction of sp³-hybridized carbons (Fsp3) is 0.350. The Labute approximate surface area is 170 Å². The Balaban J connectivity index is 0.00000392. The van der Waals surface area contributed by atoms with Crippen molar-refractivity contribution in [1.82, 2.24) is 5.32 Å². The zero-order valence-corrected chi connectivity index (χ0v) is 16.9. The molecule has 0 aliphatic rings. The van der Waals surface area contributed by atoms with Crippen LogP contribution >= 0.6 is 12.4 Å². The molecule has 3 N–H and O–H groups in total. The van der Waals surface area contributed by atoms with E-state index in [-0.39, 0.29) is 31.3 Å². The average Bonchev–Trinajstić information content (AvgIpc) is 2.70. The number of hydrogen-bond acceptors (Lipinski definition) is 5. The summed E-state index contributed by atoms with van der Waals surface area (Å²) in [6, 6.07) is 10.8. The quantitative estimate of drug-likeness (QED) is 0.661. The van der Waals surface area contributed by atoms with Gasteiger partial charge in [0.2, 0.25) is 5.91 Å². The first-order valence-corrected chi connectivity index (χ1v) is 8.52. The van der Waals surface area contributed by atoms with Crippen molar-refractivity contribution >= 4 is 18.3 Å². The van der Waals surface area contributed by atoms with Crippen molar-refractivity contribution in [3.05, 3.63) is 59.4 Å². The summed E-state index contributed by atoms with van der Waals surface area (Å²) in [5.74, 6) is 0.390. The number of rotatable bonds is 9. The number of hydrogen-bond donors (Lipinski definition) is 2. The number of carbonyl (C=O) groups excluding carboxylic acids is 1. The summed E-state index contributed by atoms with van der Waals surface area (Å²) < 4.78 is 29.7. The van der Waals surface area contributed by atoms with Crippen LogP contribution in [0.25, 0.3) is 0 Å². The second-order valence-electron chi connectivity index (χ2n) is 5.96. The van der Waals surface area contributed by atoms with E-state index in [1.54, 1.807) is 25.3 Å². The molecule has 0 fully saturated rings. The molecule has 0 aliphatic carbocycles. The Kier molecular flexibility index (Phi) is 9.72. The van der Waals surface area contributed by atoms with Gasteiger partial charge in [0, 0.05) is 19.2 Å². The van der Waals surface area contributed by atoms with Crippen molar-refractivity contribution < 1.29 is 23.4 Å². The van der Waals surface area contributed by atoms with Crippen LogP contribution < -0.4 is 20.5 Å². The van der Waals surface area contributed by atoms with E-state index in [1.807, 2.05) is 6.07 Å². The third kappa shape index (κ3) is 6.09.